The van der Waals surface area contributed by atoms with E-state index in [2.05, 4.69) is 4.74 Å². The van der Waals surface area contributed by atoms with Crippen LogP contribution in [-0.4, -0.2) is 28.1 Å². The van der Waals surface area contributed by atoms with E-state index in [1.165, 1.54) is 6.26 Å². The second-order valence-corrected chi connectivity index (χ2v) is 4.72. The molecule has 0 aromatic rings. The van der Waals surface area contributed by atoms with Crippen LogP contribution in [0, 0.1) is 0 Å². The maximum Gasteiger partial charge on any atom is 0.443 e. The third-order valence-electron chi connectivity index (χ3n) is 1.12. The summed E-state index contributed by atoms with van der Waals surface area (Å²) in [4.78, 5) is 15.8. The van der Waals surface area contributed by atoms with Gasteiger partial charge in [-0.3, -0.25) is 0 Å². The Bertz CT molecular complexity index is 218. The van der Waals surface area contributed by atoms with Gasteiger partial charge in [-0.1, -0.05) is 34.8 Å². The Morgan fingerprint density at radius 2 is 2.31 bits per heavy atom. The molecule has 0 radical (unpaired) electrons. The Morgan fingerprint density at radius 1 is 1.62 bits per heavy atom. The highest BCUT2D eigenvalue weighted by atomic mass is 35.6. The number of hydrogen-bond acceptors (Lipinski definition) is 3. The lowest BCUT2D eigenvalue weighted by Crippen LogP contribution is -2.30. The molecule has 7 heteroatoms. The van der Waals surface area contributed by atoms with Crippen LogP contribution < -0.4 is 0 Å². The number of amides is 1. The molecule has 0 N–H and O–H groups in total. The monoisotopic (exact) mass is 245 g/mol. The fraction of sp³-hybridized carbons (Fsp3) is 0.500. The first-order valence-corrected chi connectivity index (χ1v) is 4.45. The number of hydrogen-bond donors (Lipinski definition) is 0. The molecule has 1 aliphatic heterocycles. The molecule has 1 heterocycles. The molecule has 0 fully saturated rings. The van der Waals surface area contributed by atoms with E-state index in [0.717, 1.165) is 5.06 Å². The van der Waals surface area contributed by atoms with E-state index in [9.17, 15) is 4.79 Å². The number of carbonyl (C=O) groups is 1. The van der Waals surface area contributed by atoms with Gasteiger partial charge in [-0.25, -0.2) is 4.79 Å². The molecule has 0 saturated heterocycles. The van der Waals surface area contributed by atoms with Crippen molar-refractivity contribution in [2.75, 3.05) is 13.2 Å². The first kappa shape index (κ1) is 10.8. The fourth-order valence-electron chi connectivity index (χ4n) is 0.631. The normalized spacial score (nSPS) is 15.8. The van der Waals surface area contributed by atoms with Gasteiger partial charge in [0.15, 0.2) is 0 Å². The molecule has 74 valence electrons. The number of rotatable bonds is 1. The molecule has 0 aromatic heterocycles. The molecular formula is C6H6Cl3NO3. The third-order valence-corrected chi connectivity index (χ3v) is 1.45. The van der Waals surface area contributed by atoms with Crippen LogP contribution in [0.4, 0.5) is 4.79 Å². The van der Waals surface area contributed by atoms with Gasteiger partial charge in [-0.05, 0) is 6.08 Å². The van der Waals surface area contributed by atoms with Gasteiger partial charge >= 0.3 is 6.09 Å². The first-order valence-electron chi connectivity index (χ1n) is 3.32. The average molecular weight is 246 g/mol. The largest absolute Gasteiger partial charge is 0.443 e. The van der Waals surface area contributed by atoms with Gasteiger partial charge in [-0.2, -0.15) is 0 Å². The second-order valence-electron chi connectivity index (χ2n) is 2.21. The third kappa shape index (κ3) is 3.93. The van der Waals surface area contributed by atoms with Crippen LogP contribution >= 0.6 is 34.8 Å². The quantitative estimate of drug-likeness (QED) is 0.666. The van der Waals surface area contributed by atoms with Crippen molar-refractivity contribution in [1.82, 2.24) is 5.06 Å². The summed E-state index contributed by atoms with van der Waals surface area (Å²) >= 11 is 16.1. The Kier molecular flexibility index (Phi) is 3.53. The highest BCUT2D eigenvalue weighted by Crippen LogP contribution is 2.26. The van der Waals surface area contributed by atoms with Crippen molar-refractivity contribution in [3.05, 3.63) is 12.3 Å². The minimum atomic E-state index is -1.59. The van der Waals surface area contributed by atoms with Gasteiger partial charge in [0.25, 0.3) is 0 Å². The summed E-state index contributed by atoms with van der Waals surface area (Å²) in [5, 5.41) is 0.996. The van der Waals surface area contributed by atoms with Crippen molar-refractivity contribution in [1.29, 1.82) is 0 Å². The molecular weight excluding hydrogens is 240 g/mol. The molecule has 1 aliphatic rings. The highest BCUT2D eigenvalue weighted by Gasteiger charge is 2.25. The van der Waals surface area contributed by atoms with E-state index in [1.807, 2.05) is 0 Å². The van der Waals surface area contributed by atoms with E-state index < -0.39 is 9.89 Å². The van der Waals surface area contributed by atoms with E-state index in [0.29, 0.717) is 6.54 Å². The van der Waals surface area contributed by atoms with Gasteiger partial charge in [-0.15, -0.1) is 5.06 Å². The van der Waals surface area contributed by atoms with Crippen molar-refractivity contribution in [3.8, 4) is 0 Å². The van der Waals surface area contributed by atoms with Gasteiger partial charge < -0.3 is 9.57 Å². The lowest BCUT2D eigenvalue weighted by Gasteiger charge is -2.16. The summed E-state index contributed by atoms with van der Waals surface area (Å²) in [5.41, 5.74) is 0. The highest BCUT2D eigenvalue weighted by molar-refractivity contribution is 6.67. The smallest absolute Gasteiger partial charge is 0.443 e. The molecule has 0 unspecified atom stereocenters. The van der Waals surface area contributed by atoms with Crippen LogP contribution in [0.3, 0.4) is 0 Å². The average Bonchev–Trinajstić information content (AvgIpc) is 2.50. The number of hydroxylamine groups is 2. The zero-order valence-electron chi connectivity index (χ0n) is 6.37. The SMILES string of the molecule is O=C(OCC(Cl)(Cl)Cl)N1CC=CO1. The Balaban J connectivity index is 2.26. The summed E-state index contributed by atoms with van der Waals surface area (Å²) in [6.45, 7) is 0.0229. The maximum atomic E-state index is 11.1. The Labute approximate surface area is 89.9 Å². The van der Waals surface area contributed by atoms with Gasteiger partial charge in [0.2, 0.25) is 3.79 Å². The van der Waals surface area contributed by atoms with Crippen LogP contribution in [0.2, 0.25) is 0 Å². The molecule has 0 atom stereocenters. The summed E-state index contributed by atoms with van der Waals surface area (Å²) < 4.78 is 3.02. The molecule has 1 amide bonds. The van der Waals surface area contributed by atoms with E-state index >= 15 is 0 Å². The van der Waals surface area contributed by atoms with Crippen LogP contribution in [0.5, 0.6) is 0 Å². The van der Waals surface area contributed by atoms with E-state index in [-0.39, 0.29) is 6.61 Å². The van der Waals surface area contributed by atoms with Crippen molar-refractivity contribution in [3.63, 3.8) is 0 Å². The second kappa shape index (κ2) is 4.26. The molecule has 0 bridgehead atoms. The number of alkyl halides is 3. The van der Waals surface area contributed by atoms with Crippen LogP contribution in [-0.2, 0) is 9.57 Å². The van der Waals surface area contributed by atoms with E-state index in [4.69, 9.17) is 39.6 Å². The first-order chi connectivity index (χ1) is 5.99. The van der Waals surface area contributed by atoms with Gasteiger partial charge in [0.05, 0.1) is 6.54 Å². The summed E-state index contributed by atoms with van der Waals surface area (Å²) in [6.07, 6.45) is 2.34. The molecule has 0 spiro atoms. The number of carbonyl (C=O) groups excluding carboxylic acids is 1. The molecule has 0 aliphatic carbocycles. The lowest BCUT2D eigenvalue weighted by molar-refractivity contribution is -0.0612. The lowest BCUT2D eigenvalue weighted by atomic mass is 10.6. The Hall–Kier alpha value is -0.320. The minimum absolute atomic E-state index is 0.309. The summed E-state index contributed by atoms with van der Waals surface area (Å²) in [6, 6.07) is 0. The standard InChI is InChI=1S/C6H6Cl3NO3/c7-6(8,9)4-12-5(11)10-2-1-3-13-10/h1,3H,2,4H2. The van der Waals surface area contributed by atoms with Crippen LogP contribution in [0.25, 0.3) is 0 Å². The number of halogens is 3. The van der Waals surface area contributed by atoms with Crippen molar-refractivity contribution < 1.29 is 14.4 Å². The predicted molar refractivity (Wildman–Crippen MR) is 48.6 cm³/mol. The van der Waals surface area contributed by atoms with Crippen molar-refractivity contribution in [2.45, 2.75) is 3.79 Å². The Morgan fingerprint density at radius 3 is 2.77 bits per heavy atom. The topological polar surface area (TPSA) is 38.8 Å². The zero-order chi connectivity index (χ0) is 9.90. The molecule has 0 aromatic carbocycles. The minimum Gasteiger partial charge on any atom is -0.443 e. The predicted octanol–water partition coefficient (Wildman–Crippen LogP) is 2.25. The van der Waals surface area contributed by atoms with Crippen LogP contribution in [0.15, 0.2) is 12.3 Å². The van der Waals surface area contributed by atoms with Crippen molar-refractivity contribution >= 4 is 40.9 Å². The molecule has 13 heavy (non-hydrogen) atoms. The van der Waals surface area contributed by atoms with E-state index in [1.54, 1.807) is 6.08 Å². The number of ether oxygens (including phenoxy) is 1. The molecule has 4 nitrogen and oxygen atoms in total. The maximum absolute atomic E-state index is 11.1. The molecule has 1 rings (SSSR count). The number of nitrogens with zero attached hydrogens (tertiary/aromatic N) is 1. The van der Waals surface area contributed by atoms with Crippen LogP contribution in [0.1, 0.15) is 0 Å². The summed E-state index contributed by atoms with van der Waals surface area (Å²) in [5.74, 6) is 0. The fourth-order valence-corrected chi connectivity index (χ4v) is 0.795. The zero-order valence-corrected chi connectivity index (χ0v) is 8.64. The summed E-state index contributed by atoms with van der Waals surface area (Å²) in [7, 11) is 0. The van der Waals surface area contributed by atoms with Crippen molar-refractivity contribution in [2.24, 2.45) is 0 Å². The molecule has 0 saturated carbocycles. The van der Waals surface area contributed by atoms with Gasteiger partial charge in [0.1, 0.15) is 12.9 Å². The van der Waals surface area contributed by atoms with Gasteiger partial charge in [0, 0.05) is 0 Å².